The van der Waals surface area contributed by atoms with Crippen molar-refractivity contribution >= 4 is 6.03 Å². The number of nitrogens with one attached hydrogen (secondary N) is 1. The van der Waals surface area contributed by atoms with Crippen molar-refractivity contribution in [2.75, 3.05) is 19.7 Å². The van der Waals surface area contributed by atoms with Gasteiger partial charge in [0.1, 0.15) is 11.6 Å². The molecule has 5 nitrogen and oxygen atoms in total. The highest BCUT2D eigenvalue weighted by molar-refractivity contribution is 5.74. The first-order chi connectivity index (χ1) is 15.5. The van der Waals surface area contributed by atoms with E-state index >= 15 is 0 Å². The van der Waals surface area contributed by atoms with Crippen LogP contribution in [0.3, 0.4) is 0 Å². The lowest BCUT2D eigenvalue weighted by atomic mass is 10.1. The molecular weight excluding hydrogens is 405 g/mol. The molecular formula is C26H34FN3O2. The number of rotatable bonds is 9. The first kappa shape index (κ1) is 22.6. The molecule has 2 fully saturated rings. The summed E-state index contributed by atoms with van der Waals surface area (Å²) in [5.74, 6) is 1.07. The van der Waals surface area contributed by atoms with Gasteiger partial charge in [0, 0.05) is 38.3 Å². The number of likely N-dealkylation sites (tertiary alicyclic amines) is 1. The molecule has 1 N–H and O–H groups in total. The standard InChI is InChI=1S/C26H34FN3O2/c1-19(2)18-32-25-11-5-20(6-12-25)15-28-26(31)30(16-21-3-7-22(27)8-4-21)24-13-14-29(17-24)23-9-10-23/h3-8,11-12,19,23-24H,9-10,13-18H2,1-2H3,(H,28,31)/t24-/m0/s1. The van der Waals surface area contributed by atoms with E-state index in [1.54, 1.807) is 12.1 Å². The molecule has 4 rings (SSSR count). The SMILES string of the molecule is CC(C)COc1ccc(CNC(=O)N(Cc2ccc(F)cc2)[C@H]2CCN(C3CC3)C2)cc1. The lowest BCUT2D eigenvalue weighted by Crippen LogP contribution is -2.46. The van der Waals surface area contributed by atoms with E-state index in [9.17, 15) is 9.18 Å². The van der Waals surface area contributed by atoms with E-state index < -0.39 is 0 Å². The first-order valence-corrected chi connectivity index (χ1v) is 11.7. The van der Waals surface area contributed by atoms with Crippen molar-refractivity contribution < 1.29 is 13.9 Å². The Labute approximate surface area is 190 Å². The van der Waals surface area contributed by atoms with Crippen molar-refractivity contribution in [3.63, 3.8) is 0 Å². The Kier molecular flexibility index (Phi) is 7.30. The molecule has 1 aliphatic carbocycles. The third-order valence-electron chi connectivity index (χ3n) is 6.18. The zero-order chi connectivity index (χ0) is 22.5. The second kappa shape index (κ2) is 10.3. The van der Waals surface area contributed by atoms with Crippen LogP contribution in [0, 0.1) is 11.7 Å². The highest BCUT2D eigenvalue weighted by atomic mass is 19.1. The topological polar surface area (TPSA) is 44.8 Å². The van der Waals surface area contributed by atoms with Gasteiger partial charge in [-0.15, -0.1) is 0 Å². The number of halogens is 1. The fourth-order valence-corrected chi connectivity index (χ4v) is 4.19. The lowest BCUT2D eigenvalue weighted by molar-refractivity contribution is 0.168. The van der Waals surface area contributed by atoms with Crippen molar-refractivity contribution in [3.05, 3.63) is 65.5 Å². The summed E-state index contributed by atoms with van der Waals surface area (Å²) < 4.78 is 19.1. The van der Waals surface area contributed by atoms with Gasteiger partial charge in [-0.1, -0.05) is 38.1 Å². The number of carbonyl (C=O) groups excluding carboxylic acids is 1. The number of hydrogen-bond acceptors (Lipinski definition) is 3. The second-order valence-corrected chi connectivity index (χ2v) is 9.43. The van der Waals surface area contributed by atoms with Gasteiger partial charge in [0.05, 0.1) is 6.61 Å². The van der Waals surface area contributed by atoms with Crippen molar-refractivity contribution in [3.8, 4) is 5.75 Å². The average Bonchev–Trinajstić information content (AvgIpc) is 3.53. The highest BCUT2D eigenvalue weighted by Gasteiger charge is 2.37. The zero-order valence-corrected chi connectivity index (χ0v) is 19.1. The van der Waals surface area contributed by atoms with E-state index in [0.29, 0.717) is 31.7 Å². The van der Waals surface area contributed by atoms with E-state index in [1.165, 1.54) is 25.0 Å². The average molecular weight is 440 g/mol. The molecule has 1 aliphatic heterocycles. The normalized spacial score (nSPS) is 18.7. The van der Waals surface area contributed by atoms with Gasteiger partial charge in [-0.25, -0.2) is 9.18 Å². The Morgan fingerprint density at radius 2 is 1.78 bits per heavy atom. The molecule has 1 saturated carbocycles. The van der Waals surface area contributed by atoms with Gasteiger partial charge in [0.2, 0.25) is 0 Å². The van der Waals surface area contributed by atoms with E-state index in [2.05, 4.69) is 24.1 Å². The maximum atomic E-state index is 13.3. The molecule has 172 valence electrons. The lowest BCUT2D eigenvalue weighted by Gasteiger charge is -2.30. The minimum atomic E-state index is -0.258. The Bertz CT molecular complexity index is 881. The van der Waals surface area contributed by atoms with Crippen LogP contribution in [0.4, 0.5) is 9.18 Å². The molecule has 2 aromatic rings. The number of amides is 2. The Balaban J connectivity index is 1.37. The Morgan fingerprint density at radius 1 is 1.09 bits per heavy atom. The van der Waals surface area contributed by atoms with E-state index in [1.807, 2.05) is 29.2 Å². The van der Waals surface area contributed by atoms with Crippen molar-refractivity contribution in [1.29, 1.82) is 0 Å². The third-order valence-corrected chi connectivity index (χ3v) is 6.18. The van der Waals surface area contributed by atoms with E-state index in [4.69, 9.17) is 4.74 Å². The molecule has 2 amide bonds. The second-order valence-electron chi connectivity index (χ2n) is 9.43. The molecule has 0 bridgehead atoms. The predicted octanol–water partition coefficient (Wildman–Crippen LogP) is 4.81. The largest absolute Gasteiger partial charge is 0.493 e. The summed E-state index contributed by atoms with van der Waals surface area (Å²) in [5.41, 5.74) is 1.97. The maximum Gasteiger partial charge on any atom is 0.318 e. The number of urea groups is 1. The van der Waals surface area contributed by atoms with Gasteiger partial charge < -0.3 is 15.0 Å². The van der Waals surface area contributed by atoms with Gasteiger partial charge in [0.25, 0.3) is 0 Å². The highest BCUT2D eigenvalue weighted by Crippen LogP contribution is 2.31. The van der Waals surface area contributed by atoms with Crippen molar-refractivity contribution in [2.24, 2.45) is 5.92 Å². The van der Waals surface area contributed by atoms with E-state index in [0.717, 1.165) is 36.4 Å². The molecule has 6 heteroatoms. The molecule has 0 spiro atoms. The molecule has 32 heavy (non-hydrogen) atoms. The summed E-state index contributed by atoms with van der Waals surface area (Å²) in [6.45, 7) is 7.83. The van der Waals surface area contributed by atoms with Crippen LogP contribution in [0.2, 0.25) is 0 Å². The van der Waals surface area contributed by atoms with Crippen LogP contribution in [-0.2, 0) is 13.1 Å². The number of nitrogens with zero attached hydrogens (tertiary/aromatic N) is 2. The van der Waals surface area contributed by atoms with E-state index in [-0.39, 0.29) is 17.9 Å². The molecule has 1 atom stereocenters. The monoisotopic (exact) mass is 439 g/mol. The van der Waals surface area contributed by atoms with Gasteiger partial charge >= 0.3 is 6.03 Å². The van der Waals surface area contributed by atoms with Crippen LogP contribution < -0.4 is 10.1 Å². The van der Waals surface area contributed by atoms with Crippen LogP contribution in [0.15, 0.2) is 48.5 Å². The number of benzene rings is 2. The predicted molar refractivity (Wildman–Crippen MR) is 124 cm³/mol. The number of ether oxygens (including phenoxy) is 1. The van der Waals surface area contributed by atoms with Crippen LogP contribution >= 0.6 is 0 Å². The fourth-order valence-electron chi connectivity index (χ4n) is 4.19. The smallest absolute Gasteiger partial charge is 0.318 e. The first-order valence-electron chi connectivity index (χ1n) is 11.7. The van der Waals surface area contributed by atoms with Gasteiger partial charge in [-0.05, 0) is 60.6 Å². The van der Waals surface area contributed by atoms with Gasteiger partial charge in [0.15, 0.2) is 0 Å². The van der Waals surface area contributed by atoms with Crippen molar-refractivity contribution in [1.82, 2.24) is 15.1 Å². The summed E-state index contributed by atoms with van der Waals surface area (Å²) in [6.07, 6.45) is 3.52. The van der Waals surface area contributed by atoms with Gasteiger partial charge in [-0.2, -0.15) is 0 Å². The summed E-state index contributed by atoms with van der Waals surface area (Å²) in [6, 6.07) is 15.1. The zero-order valence-electron chi connectivity index (χ0n) is 19.1. The van der Waals surface area contributed by atoms with Crippen molar-refractivity contribution in [2.45, 2.75) is 58.3 Å². The molecule has 0 unspecified atom stereocenters. The van der Waals surface area contributed by atoms with Gasteiger partial charge in [-0.3, -0.25) is 4.90 Å². The number of hydrogen-bond donors (Lipinski definition) is 1. The molecule has 0 radical (unpaired) electrons. The van der Waals surface area contributed by atoms with Crippen LogP contribution in [0.1, 0.15) is 44.2 Å². The summed E-state index contributed by atoms with van der Waals surface area (Å²) in [7, 11) is 0. The maximum absolute atomic E-state index is 13.3. The minimum absolute atomic E-state index is 0.0721. The minimum Gasteiger partial charge on any atom is -0.493 e. The molecule has 1 heterocycles. The summed E-state index contributed by atoms with van der Waals surface area (Å²) in [4.78, 5) is 17.6. The third kappa shape index (κ3) is 6.22. The Hall–Kier alpha value is -2.60. The summed E-state index contributed by atoms with van der Waals surface area (Å²) in [5, 5.41) is 3.09. The van der Waals surface area contributed by atoms with Crippen LogP contribution in [0.25, 0.3) is 0 Å². The molecule has 1 saturated heterocycles. The molecule has 2 aliphatic rings. The molecule has 0 aromatic heterocycles. The molecule has 2 aromatic carbocycles. The quantitative estimate of drug-likeness (QED) is 0.610. The fraction of sp³-hybridized carbons (Fsp3) is 0.500. The number of carbonyl (C=O) groups is 1. The van der Waals surface area contributed by atoms with Crippen LogP contribution in [-0.4, -0.2) is 47.6 Å². The van der Waals surface area contributed by atoms with Crippen LogP contribution in [0.5, 0.6) is 5.75 Å². The summed E-state index contributed by atoms with van der Waals surface area (Å²) >= 11 is 0. The Morgan fingerprint density at radius 3 is 2.44 bits per heavy atom.